The van der Waals surface area contributed by atoms with Crippen molar-refractivity contribution >= 4 is 28.7 Å². The molecule has 2 heterocycles. The first-order chi connectivity index (χ1) is 17.6. The molecule has 5 aromatic rings. The number of carbonyl (C=O) groups excluding carboxylic acids is 1. The van der Waals surface area contributed by atoms with E-state index in [0.717, 1.165) is 27.6 Å². The first kappa shape index (κ1) is 22.8. The average molecular weight is 478 g/mol. The molecule has 3 aromatic carbocycles. The third kappa shape index (κ3) is 5.07. The molecule has 2 aromatic heterocycles. The van der Waals surface area contributed by atoms with Crippen LogP contribution >= 0.6 is 0 Å². The van der Waals surface area contributed by atoms with Gasteiger partial charge in [-0.2, -0.15) is 5.10 Å². The van der Waals surface area contributed by atoms with Crippen LogP contribution in [-0.2, 0) is 16.0 Å². The molecule has 0 bridgehead atoms. The highest BCUT2D eigenvalue weighted by atomic mass is 16.4. The predicted molar refractivity (Wildman–Crippen MR) is 137 cm³/mol. The number of hydrogen-bond donors (Lipinski definition) is 3. The molecule has 0 aliphatic heterocycles. The number of amides is 1. The summed E-state index contributed by atoms with van der Waals surface area (Å²) in [7, 11) is 0. The van der Waals surface area contributed by atoms with Crippen molar-refractivity contribution in [1.82, 2.24) is 25.1 Å². The first-order valence-corrected chi connectivity index (χ1v) is 11.4. The molecular formula is C28H23N5O3. The molecule has 36 heavy (non-hydrogen) atoms. The number of carboxylic acids is 1. The van der Waals surface area contributed by atoms with Gasteiger partial charge in [0.2, 0.25) is 5.91 Å². The standard InChI is InChI=1S/C28H23N5O3/c34-26(31-25(28(35)36)15-23-16-29-18-30-23)13-12-22-17-33(24-8-2-1-3-9-24)32-27(22)21-11-10-19-6-4-5-7-20(19)14-21/h1-14,16-18,25H,15H2,(H,29,30)(H,31,34)(H,35,36)/b13-12+/t25-/m0/s1. The van der Waals surface area contributed by atoms with Gasteiger partial charge < -0.3 is 15.4 Å². The first-order valence-electron chi connectivity index (χ1n) is 11.4. The number of H-pyrrole nitrogens is 1. The Bertz CT molecular complexity index is 1540. The summed E-state index contributed by atoms with van der Waals surface area (Å²) in [4.78, 5) is 31.0. The Balaban J connectivity index is 1.45. The highest BCUT2D eigenvalue weighted by Gasteiger charge is 2.20. The highest BCUT2D eigenvalue weighted by molar-refractivity contribution is 5.95. The van der Waals surface area contributed by atoms with Crippen LogP contribution in [0.5, 0.6) is 0 Å². The fraction of sp³-hybridized carbons (Fsp3) is 0.0714. The van der Waals surface area contributed by atoms with Crippen LogP contribution in [0.4, 0.5) is 0 Å². The van der Waals surface area contributed by atoms with E-state index in [1.165, 1.54) is 18.6 Å². The summed E-state index contributed by atoms with van der Waals surface area (Å²) in [5, 5.41) is 19.1. The second kappa shape index (κ2) is 10.1. The van der Waals surface area contributed by atoms with E-state index in [9.17, 15) is 14.7 Å². The van der Waals surface area contributed by atoms with Gasteiger partial charge >= 0.3 is 5.97 Å². The maximum Gasteiger partial charge on any atom is 0.326 e. The van der Waals surface area contributed by atoms with E-state index >= 15 is 0 Å². The van der Waals surface area contributed by atoms with Crippen molar-refractivity contribution < 1.29 is 14.7 Å². The highest BCUT2D eigenvalue weighted by Crippen LogP contribution is 2.28. The lowest BCUT2D eigenvalue weighted by Crippen LogP contribution is -2.41. The van der Waals surface area contributed by atoms with Crippen molar-refractivity contribution in [2.75, 3.05) is 0 Å². The second-order valence-corrected chi connectivity index (χ2v) is 8.29. The molecule has 0 radical (unpaired) electrons. The van der Waals surface area contributed by atoms with E-state index < -0.39 is 17.9 Å². The number of fused-ring (bicyclic) bond motifs is 1. The quantitative estimate of drug-likeness (QED) is 0.289. The Labute approximate surface area is 206 Å². The van der Waals surface area contributed by atoms with Gasteiger partial charge in [0, 0.05) is 41.7 Å². The Kier molecular flexibility index (Phi) is 6.40. The maximum absolute atomic E-state index is 12.6. The van der Waals surface area contributed by atoms with Gasteiger partial charge in [-0.3, -0.25) is 4.79 Å². The number of carbonyl (C=O) groups is 2. The van der Waals surface area contributed by atoms with Crippen LogP contribution in [0.3, 0.4) is 0 Å². The SMILES string of the molecule is O=C(/C=C/c1cn(-c2ccccc2)nc1-c1ccc2ccccc2c1)N[C@@H](Cc1cnc[nH]1)C(=O)O. The third-order valence-electron chi connectivity index (χ3n) is 5.79. The molecule has 178 valence electrons. The van der Waals surface area contributed by atoms with Gasteiger partial charge in [0.1, 0.15) is 6.04 Å². The molecule has 8 nitrogen and oxygen atoms in total. The Hall–Kier alpha value is -4.98. The van der Waals surface area contributed by atoms with E-state index in [1.54, 1.807) is 10.8 Å². The zero-order valence-corrected chi connectivity index (χ0v) is 19.2. The summed E-state index contributed by atoms with van der Waals surface area (Å²) >= 11 is 0. The lowest BCUT2D eigenvalue weighted by molar-refractivity contribution is -0.141. The monoisotopic (exact) mass is 477 g/mol. The molecule has 0 saturated heterocycles. The van der Waals surface area contributed by atoms with Gasteiger partial charge in [0.25, 0.3) is 0 Å². The summed E-state index contributed by atoms with van der Waals surface area (Å²) in [5.41, 5.74) is 3.85. The largest absolute Gasteiger partial charge is 0.480 e. The zero-order valence-electron chi connectivity index (χ0n) is 19.2. The molecule has 1 amide bonds. The summed E-state index contributed by atoms with van der Waals surface area (Å²) < 4.78 is 1.76. The summed E-state index contributed by atoms with van der Waals surface area (Å²) in [6.45, 7) is 0. The van der Waals surface area contributed by atoms with Crippen molar-refractivity contribution in [1.29, 1.82) is 0 Å². The number of nitrogens with one attached hydrogen (secondary N) is 2. The lowest BCUT2D eigenvalue weighted by Gasteiger charge is -2.11. The van der Waals surface area contributed by atoms with E-state index in [0.29, 0.717) is 11.4 Å². The zero-order chi connectivity index (χ0) is 24.9. The minimum absolute atomic E-state index is 0.100. The van der Waals surface area contributed by atoms with Crippen LogP contribution in [0.2, 0.25) is 0 Å². The molecule has 1 atom stereocenters. The van der Waals surface area contributed by atoms with E-state index in [1.807, 2.05) is 66.9 Å². The van der Waals surface area contributed by atoms with Crippen LogP contribution in [0.1, 0.15) is 11.3 Å². The summed E-state index contributed by atoms with van der Waals surface area (Å²) in [5.74, 6) is -1.64. The van der Waals surface area contributed by atoms with Gasteiger partial charge in [-0.1, -0.05) is 54.6 Å². The van der Waals surface area contributed by atoms with Crippen molar-refractivity contribution in [2.45, 2.75) is 12.5 Å². The molecule has 5 rings (SSSR count). The van der Waals surface area contributed by atoms with E-state index in [4.69, 9.17) is 5.10 Å². The Morgan fingerprint density at radius 1 is 1.03 bits per heavy atom. The number of para-hydroxylation sites is 1. The van der Waals surface area contributed by atoms with Crippen molar-refractivity contribution in [3.63, 3.8) is 0 Å². The Morgan fingerprint density at radius 2 is 1.81 bits per heavy atom. The van der Waals surface area contributed by atoms with E-state index in [2.05, 4.69) is 27.4 Å². The molecule has 0 fully saturated rings. The number of aromatic amines is 1. The Morgan fingerprint density at radius 3 is 2.56 bits per heavy atom. The number of benzene rings is 3. The van der Waals surface area contributed by atoms with Crippen LogP contribution in [0.15, 0.2) is 97.6 Å². The number of rotatable bonds is 8. The number of nitrogens with zero attached hydrogens (tertiary/aromatic N) is 3. The molecule has 3 N–H and O–H groups in total. The maximum atomic E-state index is 12.6. The smallest absolute Gasteiger partial charge is 0.326 e. The molecule has 0 spiro atoms. The molecular weight excluding hydrogens is 454 g/mol. The van der Waals surface area contributed by atoms with Gasteiger partial charge in [-0.05, 0) is 35.0 Å². The van der Waals surface area contributed by atoms with Gasteiger partial charge in [-0.25, -0.2) is 14.5 Å². The number of imidazole rings is 1. The normalized spacial score (nSPS) is 12.1. The summed E-state index contributed by atoms with van der Waals surface area (Å²) in [6, 6.07) is 22.8. The second-order valence-electron chi connectivity index (χ2n) is 8.29. The minimum Gasteiger partial charge on any atom is -0.480 e. The van der Waals surface area contributed by atoms with Gasteiger partial charge in [0.05, 0.1) is 17.7 Å². The number of aliphatic carboxylic acids is 1. The number of carboxylic acid groups (broad SMARTS) is 1. The summed E-state index contributed by atoms with van der Waals surface area (Å²) in [6.07, 6.45) is 7.94. The third-order valence-corrected chi connectivity index (χ3v) is 5.79. The van der Waals surface area contributed by atoms with Crippen molar-refractivity contribution in [3.05, 3.63) is 109 Å². The number of hydrogen-bond acceptors (Lipinski definition) is 4. The fourth-order valence-electron chi connectivity index (χ4n) is 3.98. The molecule has 0 saturated carbocycles. The van der Waals surface area contributed by atoms with Crippen molar-refractivity contribution in [2.24, 2.45) is 0 Å². The molecule has 0 unspecified atom stereocenters. The lowest BCUT2D eigenvalue weighted by atomic mass is 10.0. The topological polar surface area (TPSA) is 113 Å². The van der Waals surface area contributed by atoms with Crippen LogP contribution < -0.4 is 5.32 Å². The van der Waals surface area contributed by atoms with Crippen LogP contribution in [0.25, 0.3) is 33.8 Å². The average Bonchev–Trinajstić information content (AvgIpc) is 3.57. The van der Waals surface area contributed by atoms with E-state index in [-0.39, 0.29) is 6.42 Å². The molecule has 0 aliphatic carbocycles. The minimum atomic E-state index is -1.12. The predicted octanol–water partition coefficient (Wildman–Crippen LogP) is 4.24. The van der Waals surface area contributed by atoms with Crippen molar-refractivity contribution in [3.8, 4) is 16.9 Å². The van der Waals surface area contributed by atoms with Crippen LogP contribution in [-0.4, -0.2) is 42.8 Å². The number of aromatic nitrogens is 4. The van der Waals surface area contributed by atoms with Crippen LogP contribution in [0, 0.1) is 0 Å². The fourth-order valence-corrected chi connectivity index (χ4v) is 3.98. The van der Waals surface area contributed by atoms with Gasteiger partial charge in [-0.15, -0.1) is 0 Å². The molecule has 8 heteroatoms. The van der Waals surface area contributed by atoms with Gasteiger partial charge in [0.15, 0.2) is 0 Å². The molecule has 0 aliphatic rings.